The maximum Gasteiger partial charge on any atom is 0.411 e. The molecule has 212 valence electrons. The predicted octanol–water partition coefficient (Wildman–Crippen LogP) is 6.34. The molecule has 1 spiro atoms. The molecule has 0 unspecified atom stereocenters. The average molecular weight is 564 g/mol. The van der Waals surface area contributed by atoms with E-state index in [1.165, 1.54) is 12.0 Å². The van der Waals surface area contributed by atoms with Crippen LogP contribution in [0.25, 0.3) is 11.1 Å². The molecule has 8 heteroatoms. The molecule has 2 aliphatic heterocycles. The fourth-order valence-electron chi connectivity index (χ4n) is 6.66. The lowest BCUT2D eigenvalue weighted by Crippen LogP contribution is -2.53. The molecular weight excluding hydrogens is 534 g/mol. The van der Waals surface area contributed by atoms with Gasteiger partial charge in [-0.1, -0.05) is 79.7 Å². The van der Waals surface area contributed by atoms with Crippen molar-refractivity contribution in [1.29, 1.82) is 0 Å². The zero-order valence-corrected chi connectivity index (χ0v) is 23.1. The van der Waals surface area contributed by atoms with Crippen LogP contribution in [0.4, 0.5) is 4.79 Å². The van der Waals surface area contributed by atoms with E-state index in [1.807, 2.05) is 97.1 Å². The van der Waals surface area contributed by atoms with Crippen molar-refractivity contribution in [3.8, 4) is 22.6 Å². The topological polar surface area (TPSA) is 94.5 Å². The van der Waals surface area contributed by atoms with Gasteiger partial charge in [-0.15, -0.1) is 0 Å². The Labute approximate surface area is 243 Å². The minimum absolute atomic E-state index is 0.112. The summed E-state index contributed by atoms with van der Waals surface area (Å²) in [5, 5.41) is 10.7. The van der Waals surface area contributed by atoms with E-state index >= 15 is 0 Å². The number of fused-ring (bicyclic) bond motifs is 7. The first-order valence-electron chi connectivity index (χ1n) is 13.9. The van der Waals surface area contributed by atoms with Crippen molar-refractivity contribution >= 4 is 12.1 Å². The summed E-state index contributed by atoms with van der Waals surface area (Å²) in [6, 6.07) is 28.5. The summed E-state index contributed by atoms with van der Waals surface area (Å²) in [4.78, 5) is 28.0. The van der Waals surface area contributed by atoms with Gasteiger partial charge in [-0.05, 0) is 46.5 Å². The van der Waals surface area contributed by atoms with E-state index in [0.29, 0.717) is 22.6 Å². The third kappa shape index (κ3) is 3.83. The summed E-state index contributed by atoms with van der Waals surface area (Å²) in [5.41, 5.74) is 5.00. The van der Waals surface area contributed by atoms with E-state index in [1.54, 1.807) is 6.92 Å². The molecule has 3 aliphatic rings. The van der Waals surface area contributed by atoms with E-state index < -0.39 is 42.0 Å². The second-order valence-electron chi connectivity index (χ2n) is 10.8. The summed E-state index contributed by atoms with van der Waals surface area (Å²) >= 11 is 0. The van der Waals surface area contributed by atoms with Gasteiger partial charge < -0.3 is 24.1 Å². The van der Waals surface area contributed by atoms with Gasteiger partial charge in [-0.25, -0.2) is 9.59 Å². The molecule has 1 amide bonds. The van der Waals surface area contributed by atoms with Crippen LogP contribution < -0.4 is 4.74 Å². The van der Waals surface area contributed by atoms with Crippen molar-refractivity contribution in [3.05, 3.63) is 119 Å². The van der Waals surface area contributed by atoms with Crippen LogP contribution >= 0.6 is 0 Å². The van der Waals surface area contributed by atoms with Gasteiger partial charge in [0.25, 0.3) is 0 Å². The monoisotopic (exact) mass is 563 g/mol. The molecule has 4 aromatic carbocycles. The van der Waals surface area contributed by atoms with Crippen LogP contribution in [-0.4, -0.2) is 47.9 Å². The number of carbonyl (C=O) groups is 2. The molecule has 2 heterocycles. The van der Waals surface area contributed by atoms with Gasteiger partial charge in [0.2, 0.25) is 5.79 Å². The number of carbonyl (C=O) groups excluding carboxylic acids is 1. The maximum absolute atomic E-state index is 13.6. The Kier molecular flexibility index (Phi) is 6.26. The molecule has 1 aliphatic carbocycles. The first kappa shape index (κ1) is 26.3. The second-order valence-corrected chi connectivity index (χ2v) is 10.8. The summed E-state index contributed by atoms with van der Waals surface area (Å²) in [7, 11) is 1.27. The average Bonchev–Trinajstić information content (AvgIpc) is 3.60. The Morgan fingerprint density at radius 3 is 1.93 bits per heavy atom. The number of amides is 1. The number of carboxylic acid groups (broad SMARTS) is 1. The molecule has 7 rings (SSSR count). The van der Waals surface area contributed by atoms with Crippen molar-refractivity contribution in [2.24, 2.45) is 5.92 Å². The van der Waals surface area contributed by atoms with E-state index in [-0.39, 0.29) is 6.61 Å². The van der Waals surface area contributed by atoms with Crippen molar-refractivity contribution in [2.45, 2.75) is 30.9 Å². The molecule has 4 aromatic rings. The Morgan fingerprint density at radius 2 is 1.38 bits per heavy atom. The van der Waals surface area contributed by atoms with E-state index in [2.05, 4.69) is 0 Å². The number of nitrogens with zero attached hydrogens (tertiary/aromatic N) is 1. The first-order chi connectivity index (χ1) is 20.4. The van der Waals surface area contributed by atoms with Crippen LogP contribution in [0.2, 0.25) is 0 Å². The third-order valence-electron chi connectivity index (χ3n) is 8.57. The zero-order chi connectivity index (χ0) is 29.0. The molecule has 0 aromatic heterocycles. The smallest absolute Gasteiger partial charge is 0.411 e. The Hall–Kier alpha value is -4.66. The fraction of sp³-hybridized carbons (Fsp3) is 0.235. The number of rotatable bonds is 5. The Morgan fingerprint density at radius 1 is 0.857 bits per heavy atom. The number of para-hydroxylation sites is 2. The van der Waals surface area contributed by atoms with Crippen molar-refractivity contribution in [2.75, 3.05) is 13.7 Å². The SMILES string of the molecule is COC(=O)N(C1c2ccccc2-c2ccccc21)[C@H](C(=O)O)[C@@H](C)[C@@H]1COC2(O1)c1ccccc1Oc1ccccc12. The van der Waals surface area contributed by atoms with Crippen LogP contribution in [0.3, 0.4) is 0 Å². The van der Waals surface area contributed by atoms with Crippen LogP contribution in [0.1, 0.15) is 35.2 Å². The molecule has 42 heavy (non-hydrogen) atoms. The van der Waals surface area contributed by atoms with Crippen molar-refractivity contribution < 1.29 is 33.6 Å². The zero-order valence-electron chi connectivity index (χ0n) is 23.1. The lowest BCUT2D eigenvalue weighted by Gasteiger charge is -2.39. The number of ether oxygens (including phenoxy) is 4. The van der Waals surface area contributed by atoms with E-state index in [9.17, 15) is 14.7 Å². The molecule has 1 N–H and O–H groups in total. The third-order valence-corrected chi connectivity index (χ3v) is 8.57. The predicted molar refractivity (Wildman–Crippen MR) is 153 cm³/mol. The fourth-order valence-corrected chi connectivity index (χ4v) is 6.66. The van der Waals surface area contributed by atoms with E-state index in [4.69, 9.17) is 18.9 Å². The standard InChI is InChI=1S/C34H29NO7/c1-20(29-19-40-34(42-29)25-15-7-9-17-27(25)41-28-18-10-8-16-26(28)34)30(32(36)37)35(33(38)39-2)31-23-13-5-3-11-21(23)22-12-4-6-14-24(22)31/h3-18,20,29-31H,19H2,1-2H3,(H,36,37)/t20-,29-,30-/m0/s1. The van der Waals surface area contributed by atoms with Crippen LogP contribution in [0.15, 0.2) is 97.1 Å². The minimum Gasteiger partial charge on any atom is -0.480 e. The summed E-state index contributed by atoms with van der Waals surface area (Å²) in [6.07, 6.45) is -1.41. The van der Waals surface area contributed by atoms with Gasteiger partial charge in [-0.2, -0.15) is 0 Å². The molecule has 0 radical (unpaired) electrons. The van der Waals surface area contributed by atoms with Gasteiger partial charge in [-0.3, -0.25) is 4.90 Å². The highest BCUT2D eigenvalue weighted by Crippen LogP contribution is 2.54. The van der Waals surface area contributed by atoms with Gasteiger partial charge in [0.1, 0.15) is 17.5 Å². The Balaban J connectivity index is 1.30. The lowest BCUT2D eigenvalue weighted by molar-refractivity contribution is -0.162. The lowest BCUT2D eigenvalue weighted by atomic mass is 9.91. The minimum atomic E-state index is -1.30. The number of carboxylic acids is 1. The molecule has 0 bridgehead atoms. The number of hydrogen-bond acceptors (Lipinski definition) is 6. The quantitative estimate of drug-likeness (QED) is 0.303. The highest BCUT2D eigenvalue weighted by atomic mass is 16.7. The van der Waals surface area contributed by atoms with Crippen molar-refractivity contribution in [3.63, 3.8) is 0 Å². The van der Waals surface area contributed by atoms with Gasteiger partial charge >= 0.3 is 12.1 Å². The largest absolute Gasteiger partial charge is 0.480 e. The summed E-state index contributed by atoms with van der Waals surface area (Å²) in [6.45, 7) is 1.89. The molecule has 0 saturated carbocycles. The van der Waals surface area contributed by atoms with Crippen LogP contribution in [0.5, 0.6) is 11.5 Å². The first-order valence-corrected chi connectivity index (χ1v) is 13.9. The molecule has 3 atom stereocenters. The number of aliphatic carboxylic acids is 1. The number of benzene rings is 4. The van der Waals surface area contributed by atoms with Gasteiger partial charge in [0.05, 0.1) is 37.0 Å². The highest BCUT2D eigenvalue weighted by molar-refractivity contribution is 5.85. The highest BCUT2D eigenvalue weighted by Gasteiger charge is 2.54. The molecule has 1 fully saturated rings. The molecule has 8 nitrogen and oxygen atoms in total. The van der Waals surface area contributed by atoms with Gasteiger partial charge in [0, 0.05) is 5.92 Å². The normalized spacial score (nSPS) is 19.0. The molecule has 1 saturated heterocycles. The maximum atomic E-state index is 13.6. The number of methoxy groups -OCH3 is 1. The summed E-state index contributed by atoms with van der Waals surface area (Å²) in [5.74, 6) is -1.92. The van der Waals surface area contributed by atoms with Gasteiger partial charge in [0.15, 0.2) is 0 Å². The van der Waals surface area contributed by atoms with Crippen LogP contribution in [0, 0.1) is 5.92 Å². The molecular formula is C34H29NO7. The van der Waals surface area contributed by atoms with Crippen molar-refractivity contribution in [1.82, 2.24) is 4.90 Å². The van der Waals surface area contributed by atoms with E-state index in [0.717, 1.165) is 22.3 Å². The van der Waals surface area contributed by atoms with Crippen LogP contribution in [-0.2, 0) is 24.8 Å². The number of hydrogen-bond donors (Lipinski definition) is 1. The summed E-state index contributed by atoms with van der Waals surface area (Å²) < 4.78 is 24.6. The Bertz CT molecular complexity index is 1610. The second kappa shape index (κ2) is 10.0.